The third-order valence-electron chi connectivity index (χ3n) is 3.09. The van der Waals surface area contributed by atoms with Gasteiger partial charge >= 0.3 is 0 Å². The van der Waals surface area contributed by atoms with Crippen LogP contribution in [0.25, 0.3) is 16.9 Å². The molecular formula is C14H10F3N3. The van der Waals surface area contributed by atoms with Crippen molar-refractivity contribution in [3.8, 4) is 11.4 Å². The average molecular weight is 277 g/mol. The molecule has 6 heteroatoms. The van der Waals surface area contributed by atoms with Crippen molar-refractivity contribution in [2.75, 3.05) is 0 Å². The van der Waals surface area contributed by atoms with E-state index in [0.717, 1.165) is 12.1 Å². The molecule has 2 N–H and O–H groups in total. The molecule has 1 aromatic carbocycles. The number of hydrogen-bond donors (Lipinski definition) is 1. The lowest BCUT2D eigenvalue weighted by atomic mass is 10.2. The summed E-state index contributed by atoms with van der Waals surface area (Å²) < 4.78 is 41.8. The van der Waals surface area contributed by atoms with Gasteiger partial charge in [-0.1, -0.05) is 6.07 Å². The summed E-state index contributed by atoms with van der Waals surface area (Å²) >= 11 is 0. The minimum Gasteiger partial charge on any atom is -0.325 e. The van der Waals surface area contributed by atoms with E-state index in [2.05, 4.69) is 4.98 Å². The van der Waals surface area contributed by atoms with E-state index >= 15 is 0 Å². The molecule has 3 aromatic rings. The molecular weight excluding hydrogens is 267 g/mol. The number of pyridine rings is 1. The molecule has 0 aliphatic heterocycles. The van der Waals surface area contributed by atoms with Gasteiger partial charge < -0.3 is 5.73 Å². The summed E-state index contributed by atoms with van der Waals surface area (Å²) in [5.74, 6) is -3.81. The molecule has 2 aromatic heterocycles. The second-order valence-electron chi connectivity index (χ2n) is 4.27. The van der Waals surface area contributed by atoms with Crippen molar-refractivity contribution in [1.82, 2.24) is 9.38 Å². The number of benzene rings is 1. The highest BCUT2D eigenvalue weighted by Crippen LogP contribution is 2.27. The van der Waals surface area contributed by atoms with Crippen LogP contribution in [0.1, 0.15) is 5.69 Å². The molecule has 0 fully saturated rings. The topological polar surface area (TPSA) is 43.3 Å². The first-order chi connectivity index (χ1) is 9.63. The molecule has 0 amide bonds. The summed E-state index contributed by atoms with van der Waals surface area (Å²) in [5.41, 5.74) is 6.75. The molecule has 102 valence electrons. The molecule has 2 heterocycles. The first-order valence-corrected chi connectivity index (χ1v) is 5.93. The van der Waals surface area contributed by atoms with Gasteiger partial charge in [0, 0.05) is 12.7 Å². The largest absolute Gasteiger partial charge is 0.325 e. The van der Waals surface area contributed by atoms with Crippen LogP contribution in [-0.2, 0) is 6.54 Å². The van der Waals surface area contributed by atoms with Gasteiger partial charge in [-0.15, -0.1) is 0 Å². The van der Waals surface area contributed by atoms with Crippen LogP contribution in [0.15, 0.2) is 36.5 Å². The van der Waals surface area contributed by atoms with Crippen molar-refractivity contribution in [2.24, 2.45) is 5.73 Å². The minimum atomic E-state index is -1.51. The van der Waals surface area contributed by atoms with Crippen molar-refractivity contribution < 1.29 is 13.2 Å². The molecule has 0 radical (unpaired) electrons. The Morgan fingerprint density at radius 3 is 2.60 bits per heavy atom. The van der Waals surface area contributed by atoms with Gasteiger partial charge in [-0.05, 0) is 24.3 Å². The van der Waals surface area contributed by atoms with E-state index in [1.807, 2.05) is 0 Å². The maximum atomic E-state index is 13.9. The molecule has 0 atom stereocenters. The number of imidazole rings is 1. The first-order valence-electron chi connectivity index (χ1n) is 5.93. The Bertz CT molecular complexity index is 796. The minimum absolute atomic E-state index is 0.107. The number of hydrogen-bond acceptors (Lipinski definition) is 2. The van der Waals surface area contributed by atoms with E-state index in [1.165, 1.54) is 0 Å². The van der Waals surface area contributed by atoms with Crippen molar-refractivity contribution in [1.29, 1.82) is 0 Å². The van der Waals surface area contributed by atoms with Gasteiger partial charge in [-0.2, -0.15) is 0 Å². The van der Waals surface area contributed by atoms with Crippen LogP contribution in [0.3, 0.4) is 0 Å². The number of aromatic nitrogens is 2. The number of halogens is 3. The predicted molar refractivity (Wildman–Crippen MR) is 68.4 cm³/mol. The third-order valence-corrected chi connectivity index (χ3v) is 3.09. The highest BCUT2D eigenvalue weighted by atomic mass is 19.2. The summed E-state index contributed by atoms with van der Waals surface area (Å²) in [6, 6.07) is 7.34. The molecule has 0 aliphatic carbocycles. The third kappa shape index (κ3) is 1.77. The summed E-state index contributed by atoms with van der Waals surface area (Å²) in [4.78, 5) is 4.22. The van der Waals surface area contributed by atoms with Crippen LogP contribution < -0.4 is 5.73 Å². The Hall–Kier alpha value is -2.34. The Kier molecular flexibility index (Phi) is 2.94. The maximum absolute atomic E-state index is 13.9. The number of fused-ring (bicyclic) bond motifs is 1. The zero-order valence-corrected chi connectivity index (χ0v) is 10.3. The molecule has 0 saturated carbocycles. The lowest BCUT2D eigenvalue weighted by Crippen LogP contribution is -1.98. The second-order valence-corrected chi connectivity index (χ2v) is 4.27. The molecule has 0 spiro atoms. The molecule has 0 bridgehead atoms. The lowest BCUT2D eigenvalue weighted by Gasteiger charge is -2.04. The quantitative estimate of drug-likeness (QED) is 0.732. The van der Waals surface area contributed by atoms with Gasteiger partial charge in [0.25, 0.3) is 0 Å². The number of nitrogens with two attached hydrogens (primary N) is 1. The monoisotopic (exact) mass is 277 g/mol. The smallest absolute Gasteiger partial charge is 0.195 e. The fourth-order valence-electron chi connectivity index (χ4n) is 2.14. The molecule has 3 rings (SSSR count). The van der Waals surface area contributed by atoms with E-state index in [-0.39, 0.29) is 17.9 Å². The van der Waals surface area contributed by atoms with Crippen LogP contribution in [0.2, 0.25) is 0 Å². The zero-order chi connectivity index (χ0) is 14.3. The van der Waals surface area contributed by atoms with Gasteiger partial charge in [0.15, 0.2) is 17.5 Å². The highest BCUT2D eigenvalue weighted by Gasteiger charge is 2.19. The molecule has 3 nitrogen and oxygen atoms in total. The van der Waals surface area contributed by atoms with Crippen molar-refractivity contribution >= 4 is 5.52 Å². The first kappa shape index (κ1) is 12.7. The lowest BCUT2D eigenvalue weighted by molar-refractivity contribution is 0.448. The van der Waals surface area contributed by atoms with Gasteiger partial charge in [-0.3, -0.25) is 4.40 Å². The molecule has 0 unspecified atom stereocenters. The van der Waals surface area contributed by atoms with Crippen LogP contribution in [0.5, 0.6) is 0 Å². The van der Waals surface area contributed by atoms with Crippen LogP contribution in [-0.4, -0.2) is 9.38 Å². The van der Waals surface area contributed by atoms with Crippen molar-refractivity contribution in [3.05, 3.63) is 59.7 Å². The Morgan fingerprint density at radius 2 is 1.85 bits per heavy atom. The maximum Gasteiger partial charge on any atom is 0.195 e. The van der Waals surface area contributed by atoms with E-state index in [0.29, 0.717) is 11.2 Å². The Balaban J connectivity index is 2.33. The fourth-order valence-corrected chi connectivity index (χ4v) is 2.14. The number of rotatable bonds is 2. The van der Waals surface area contributed by atoms with Crippen LogP contribution >= 0.6 is 0 Å². The van der Waals surface area contributed by atoms with Crippen molar-refractivity contribution in [3.63, 3.8) is 0 Å². The Labute approximate surface area is 112 Å². The van der Waals surface area contributed by atoms with Crippen LogP contribution in [0.4, 0.5) is 13.2 Å². The van der Waals surface area contributed by atoms with Crippen molar-refractivity contribution in [2.45, 2.75) is 6.54 Å². The number of nitrogens with zero attached hydrogens (tertiary/aromatic N) is 2. The van der Waals surface area contributed by atoms with E-state index < -0.39 is 17.5 Å². The standard InChI is InChI=1S/C14H10F3N3/c15-9-5-4-8(12(16)13(9)17)14-19-10(7-18)11-3-1-2-6-20(11)14/h1-6H,7,18H2. The SMILES string of the molecule is NCc1nc(-c2ccc(F)c(F)c2F)n2ccccc12. The van der Waals surface area contributed by atoms with Gasteiger partial charge in [0.05, 0.1) is 16.8 Å². The van der Waals surface area contributed by atoms with Gasteiger partial charge in [-0.25, -0.2) is 18.2 Å². The molecule has 20 heavy (non-hydrogen) atoms. The van der Waals surface area contributed by atoms with E-state index in [4.69, 9.17) is 5.73 Å². The van der Waals surface area contributed by atoms with Crippen LogP contribution in [0, 0.1) is 17.5 Å². The summed E-state index contributed by atoms with van der Waals surface area (Å²) in [7, 11) is 0. The summed E-state index contributed by atoms with van der Waals surface area (Å²) in [5, 5.41) is 0. The van der Waals surface area contributed by atoms with Gasteiger partial charge in [0.2, 0.25) is 0 Å². The highest BCUT2D eigenvalue weighted by molar-refractivity contribution is 5.66. The second kappa shape index (κ2) is 4.64. The normalized spacial score (nSPS) is 11.2. The van der Waals surface area contributed by atoms with E-state index in [1.54, 1.807) is 28.8 Å². The Morgan fingerprint density at radius 1 is 1.05 bits per heavy atom. The summed E-state index contributed by atoms with van der Waals surface area (Å²) in [6.45, 7) is 0.165. The van der Waals surface area contributed by atoms with Gasteiger partial charge in [0.1, 0.15) is 5.82 Å². The zero-order valence-electron chi connectivity index (χ0n) is 10.3. The fraction of sp³-hybridized carbons (Fsp3) is 0.0714. The molecule has 0 aliphatic rings. The predicted octanol–water partition coefficient (Wildman–Crippen LogP) is 2.88. The average Bonchev–Trinajstić information content (AvgIpc) is 2.84. The van der Waals surface area contributed by atoms with E-state index in [9.17, 15) is 13.2 Å². The summed E-state index contributed by atoms with van der Waals surface area (Å²) in [6.07, 6.45) is 1.66. The molecule has 0 saturated heterocycles.